The monoisotopic (exact) mass is 318 g/mol. The Morgan fingerprint density at radius 3 is 2.65 bits per heavy atom. The van der Waals surface area contributed by atoms with Crippen molar-refractivity contribution in [3.05, 3.63) is 24.3 Å². The predicted molar refractivity (Wildman–Crippen MR) is 97.2 cm³/mol. The normalized spacial score (nSPS) is 18.0. The van der Waals surface area contributed by atoms with E-state index in [1.54, 1.807) is 7.11 Å². The smallest absolute Gasteiger partial charge is 0.193 e. The van der Waals surface area contributed by atoms with Crippen molar-refractivity contribution in [1.82, 2.24) is 4.90 Å². The van der Waals surface area contributed by atoms with E-state index in [1.807, 2.05) is 24.3 Å². The van der Waals surface area contributed by atoms with Crippen molar-refractivity contribution in [2.75, 3.05) is 33.1 Å². The molecule has 0 heterocycles. The number of aliphatic imine (C=N–C) groups is 1. The Labute approximate surface area is 139 Å². The van der Waals surface area contributed by atoms with Crippen molar-refractivity contribution in [1.29, 1.82) is 0 Å². The number of ether oxygens (including phenoxy) is 1. The molecule has 0 spiro atoms. The zero-order valence-electron chi connectivity index (χ0n) is 14.6. The Morgan fingerprint density at radius 1 is 1.30 bits per heavy atom. The van der Waals surface area contributed by atoms with Gasteiger partial charge in [-0.15, -0.1) is 0 Å². The van der Waals surface area contributed by atoms with Gasteiger partial charge in [0, 0.05) is 6.04 Å². The van der Waals surface area contributed by atoms with Crippen molar-refractivity contribution in [3.8, 4) is 5.75 Å². The minimum atomic E-state index is 0.442. The number of likely N-dealkylation sites (N-methyl/N-ethyl adjacent to an activating group) is 1. The average molecular weight is 318 g/mol. The second-order valence-electron chi connectivity index (χ2n) is 6.48. The van der Waals surface area contributed by atoms with Gasteiger partial charge >= 0.3 is 0 Å². The molecule has 0 aliphatic heterocycles. The number of hydrogen-bond donors (Lipinski definition) is 2. The molecule has 23 heavy (non-hydrogen) atoms. The van der Waals surface area contributed by atoms with E-state index in [0.717, 1.165) is 23.9 Å². The Kier molecular flexibility index (Phi) is 6.71. The number of benzene rings is 1. The highest BCUT2D eigenvalue weighted by atomic mass is 16.5. The van der Waals surface area contributed by atoms with E-state index >= 15 is 0 Å². The summed E-state index contributed by atoms with van der Waals surface area (Å²) in [6, 6.07) is 8.17. The van der Waals surface area contributed by atoms with Crippen LogP contribution in [0.5, 0.6) is 5.75 Å². The van der Waals surface area contributed by atoms with Crippen LogP contribution in [0.4, 0.5) is 5.69 Å². The van der Waals surface area contributed by atoms with E-state index in [2.05, 4.69) is 29.3 Å². The molecule has 0 saturated heterocycles. The number of hydrogen-bond acceptors (Lipinski definition) is 3. The zero-order chi connectivity index (χ0) is 16.7. The molecule has 1 aliphatic carbocycles. The summed E-state index contributed by atoms with van der Waals surface area (Å²) in [5.41, 5.74) is 6.92. The lowest BCUT2D eigenvalue weighted by Crippen LogP contribution is -2.39. The third-order valence-corrected chi connectivity index (χ3v) is 4.68. The van der Waals surface area contributed by atoms with E-state index in [1.165, 1.54) is 32.1 Å². The molecule has 1 unspecified atom stereocenters. The number of rotatable bonds is 6. The largest absolute Gasteiger partial charge is 0.495 e. The number of nitrogens with zero attached hydrogens (tertiary/aromatic N) is 2. The van der Waals surface area contributed by atoms with Gasteiger partial charge in [0.25, 0.3) is 0 Å². The fourth-order valence-electron chi connectivity index (χ4n) is 3.37. The molecular formula is C18H30N4O. The number of anilines is 1. The zero-order valence-corrected chi connectivity index (χ0v) is 14.6. The summed E-state index contributed by atoms with van der Waals surface area (Å²) in [5.74, 6) is 1.93. The minimum absolute atomic E-state index is 0.442. The van der Waals surface area contributed by atoms with Crippen LogP contribution in [0, 0.1) is 5.92 Å². The Morgan fingerprint density at radius 2 is 2.00 bits per heavy atom. The molecule has 128 valence electrons. The molecule has 5 nitrogen and oxygen atoms in total. The molecule has 0 bridgehead atoms. The number of methoxy groups -OCH3 is 1. The molecule has 1 atom stereocenters. The summed E-state index contributed by atoms with van der Waals surface area (Å²) in [6.45, 7) is 0.728. The SMILES string of the molecule is COc1ccccc1NC(N)=NCC(C1CCCCC1)N(C)C. The number of nitrogens with one attached hydrogen (secondary N) is 1. The van der Waals surface area contributed by atoms with Crippen LogP contribution in [0.15, 0.2) is 29.3 Å². The van der Waals surface area contributed by atoms with Gasteiger partial charge in [-0.05, 0) is 45.0 Å². The van der Waals surface area contributed by atoms with Gasteiger partial charge in [-0.1, -0.05) is 31.4 Å². The highest BCUT2D eigenvalue weighted by Crippen LogP contribution is 2.28. The number of para-hydroxylation sites is 2. The Bertz CT molecular complexity index is 509. The van der Waals surface area contributed by atoms with Crippen molar-refractivity contribution < 1.29 is 4.74 Å². The van der Waals surface area contributed by atoms with Crippen LogP contribution in [-0.4, -0.2) is 44.7 Å². The first-order valence-corrected chi connectivity index (χ1v) is 8.48. The molecule has 2 rings (SSSR count). The number of guanidine groups is 1. The first kappa shape index (κ1) is 17.6. The van der Waals surface area contributed by atoms with Gasteiger partial charge in [0.2, 0.25) is 0 Å². The summed E-state index contributed by atoms with van der Waals surface area (Å²) in [7, 11) is 5.93. The van der Waals surface area contributed by atoms with Gasteiger partial charge < -0.3 is 20.7 Å². The maximum Gasteiger partial charge on any atom is 0.193 e. The highest BCUT2D eigenvalue weighted by Gasteiger charge is 2.25. The van der Waals surface area contributed by atoms with Crippen molar-refractivity contribution >= 4 is 11.6 Å². The van der Waals surface area contributed by atoms with E-state index < -0.39 is 0 Å². The van der Waals surface area contributed by atoms with Crippen LogP contribution in [-0.2, 0) is 0 Å². The van der Waals surface area contributed by atoms with E-state index in [9.17, 15) is 0 Å². The summed E-state index contributed by atoms with van der Waals surface area (Å²) in [6.07, 6.45) is 6.66. The molecule has 1 fully saturated rings. The van der Waals surface area contributed by atoms with Crippen molar-refractivity contribution in [3.63, 3.8) is 0 Å². The average Bonchev–Trinajstić information content (AvgIpc) is 2.56. The van der Waals surface area contributed by atoms with E-state index in [0.29, 0.717) is 12.0 Å². The fraction of sp³-hybridized carbons (Fsp3) is 0.611. The Balaban J connectivity index is 1.98. The molecule has 0 radical (unpaired) electrons. The second-order valence-corrected chi connectivity index (χ2v) is 6.48. The van der Waals surface area contributed by atoms with Gasteiger partial charge in [-0.25, -0.2) is 0 Å². The van der Waals surface area contributed by atoms with Gasteiger partial charge in [0.1, 0.15) is 5.75 Å². The fourth-order valence-corrected chi connectivity index (χ4v) is 3.37. The lowest BCUT2D eigenvalue weighted by atomic mass is 9.83. The summed E-state index contributed by atoms with van der Waals surface area (Å²) in [4.78, 5) is 6.87. The third-order valence-electron chi connectivity index (χ3n) is 4.68. The molecular weight excluding hydrogens is 288 g/mol. The standard InChI is InChI=1S/C18H30N4O/c1-22(2)16(14-9-5-4-6-10-14)13-20-18(19)21-15-11-7-8-12-17(15)23-3/h7-8,11-12,14,16H,4-6,9-10,13H2,1-3H3,(H3,19,20,21). The number of nitrogens with two attached hydrogens (primary N) is 1. The maximum absolute atomic E-state index is 6.07. The van der Waals surface area contributed by atoms with Gasteiger partial charge in [-0.3, -0.25) is 4.99 Å². The molecule has 1 saturated carbocycles. The molecule has 0 amide bonds. The van der Waals surface area contributed by atoms with Gasteiger partial charge in [0.15, 0.2) is 5.96 Å². The van der Waals surface area contributed by atoms with Gasteiger partial charge in [0.05, 0.1) is 19.3 Å². The maximum atomic E-state index is 6.07. The molecule has 1 aromatic rings. The van der Waals surface area contributed by atoms with E-state index in [4.69, 9.17) is 10.5 Å². The molecule has 0 aromatic heterocycles. The van der Waals surface area contributed by atoms with Crippen LogP contribution in [0.25, 0.3) is 0 Å². The van der Waals surface area contributed by atoms with Crippen molar-refractivity contribution in [2.24, 2.45) is 16.6 Å². The summed E-state index contributed by atoms with van der Waals surface area (Å²) in [5, 5.41) is 3.14. The van der Waals surface area contributed by atoms with Crippen molar-refractivity contribution in [2.45, 2.75) is 38.1 Å². The molecule has 1 aromatic carbocycles. The minimum Gasteiger partial charge on any atom is -0.495 e. The lowest BCUT2D eigenvalue weighted by Gasteiger charge is -2.33. The first-order valence-electron chi connectivity index (χ1n) is 8.48. The van der Waals surface area contributed by atoms with Gasteiger partial charge in [-0.2, -0.15) is 0 Å². The van der Waals surface area contributed by atoms with E-state index in [-0.39, 0.29) is 0 Å². The van der Waals surface area contributed by atoms with Crippen LogP contribution in [0.2, 0.25) is 0 Å². The van der Waals surface area contributed by atoms with Crippen LogP contribution in [0.1, 0.15) is 32.1 Å². The van der Waals surface area contributed by atoms with Crippen LogP contribution in [0.3, 0.4) is 0 Å². The molecule has 5 heteroatoms. The third kappa shape index (κ3) is 5.13. The predicted octanol–water partition coefficient (Wildman–Crippen LogP) is 2.93. The second kappa shape index (κ2) is 8.77. The highest BCUT2D eigenvalue weighted by molar-refractivity contribution is 5.93. The lowest BCUT2D eigenvalue weighted by molar-refractivity contribution is 0.176. The topological polar surface area (TPSA) is 62.9 Å². The Hall–Kier alpha value is -1.75. The summed E-state index contributed by atoms with van der Waals surface area (Å²) >= 11 is 0. The molecule has 1 aliphatic rings. The first-order chi connectivity index (χ1) is 11.1. The quantitative estimate of drug-likeness (QED) is 0.625. The van der Waals surface area contributed by atoms with Crippen LogP contribution >= 0.6 is 0 Å². The van der Waals surface area contributed by atoms with Crippen LogP contribution < -0.4 is 15.8 Å². The summed E-state index contributed by atoms with van der Waals surface area (Å²) < 4.78 is 5.32. The molecule has 3 N–H and O–H groups in total.